The third-order valence-electron chi connectivity index (χ3n) is 5.16. The second-order valence-electron chi connectivity index (χ2n) is 7.02. The number of halogens is 1. The number of carbonyl (C=O) groups is 1. The van der Waals surface area contributed by atoms with Gasteiger partial charge in [-0.25, -0.2) is 0 Å². The molecule has 0 spiro atoms. The first-order valence-electron chi connectivity index (χ1n) is 9.21. The molecule has 1 aliphatic rings. The summed E-state index contributed by atoms with van der Waals surface area (Å²) in [5.74, 6) is -0.196. The average Bonchev–Trinajstić information content (AvgIpc) is 2.64. The molecule has 2 aromatic carbocycles. The number of aliphatic carboxylic acids is 1. The summed E-state index contributed by atoms with van der Waals surface area (Å²) in [5, 5.41) is 9.86. The largest absolute Gasteiger partial charge is 0.490 e. The number of carboxylic acids is 1. The lowest BCUT2D eigenvalue weighted by Crippen LogP contribution is -2.38. The lowest BCUT2D eigenvalue weighted by Gasteiger charge is -2.33. The van der Waals surface area contributed by atoms with Gasteiger partial charge in [0.05, 0.1) is 21.9 Å². The molecule has 1 aromatic heterocycles. The molecule has 1 heterocycles. The molecule has 144 valence electrons. The van der Waals surface area contributed by atoms with E-state index >= 15 is 0 Å². The molecular formula is C22H19ClO5. The highest BCUT2D eigenvalue weighted by Gasteiger charge is 2.36. The normalized spacial score (nSPS) is 18.6. The van der Waals surface area contributed by atoms with E-state index in [4.69, 9.17) is 25.9 Å². The fourth-order valence-electron chi connectivity index (χ4n) is 3.41. The van der Waals surface area contributed by atoms with Gasteiger partial charge < -0.3 is 14.3 Å². The van der Waals surface area contributed by atoms with Crippen LogP contribution in [0.3, 0.4) is 0 Å². The quantitative estimate of drug-likeness (QED) is 0.660. The van der Waals surface area contributed by atoms with Crippen molar-refractivity contribution in [3.8, 4) is 17.1 Å². The van der Waals surface area contributed by atoms with Gasteiger partial charge in [0.1, 0.15) is 17.6 Å². The molecule has 0 bridgehead atoms. The summed E-state index contributed by atoms with van der Waals surface area (Å²) >= 11 is 6.22. The van der Waals surface area contributed by atoms with Crippen molar-refractivity contribution >= 4 is 28.5 Å². The number of ether oxygens (including phenoxy) is 1. The SMILES string of the molecule is CCc1ccc(-c2cc(=O)c3cccc(Cl)c3o2)c(O[C@H]2C[C@@H](C(=O)O)C2)c1. The molecule has 0 aliphatic heterocycles. The highest BCUT2D eigenvalue weighted by molar-refractivity contribution is 6.34. The average molecular weight is 399 g/mol. The van der Waals surface area contributed by atoms with E-state index in [2.05, 4.69) is 0 Å². The van der Waals surface area contributed by atoms with E-state index in [0.717, 1.165) is 12.0 Å². The first kappa shape index (κ1) is 18.6. The molecule has 0 unspecified atom stereocenters. The van der Waals surface area contributed by atoms with Crippen LogP contribution in [0.25, 0.3) is 22.3 Å². The summed E-state index contributed by atoms with van der Waals surface area (Å²) in [7, 11) is 0. The fraction of sp³-hybridized carbons (Fsp3) is 0.273. The molecule has 0 atom stereocenters. The van der Waals surface area contributed by atoms with Crippen LogP contribution in [-0.4, -0.2) is 17.2 Å². The third-order valence-corrected chi connectivity index (χ3v) is 5.46. The van der Waals surface area contributed by atoms with Gasteiger partial charge in [0.15, 0.2) is 11.0 Å². The number of para-hydroxylation sites is 1. The van der Waals surface area contributed by atoms with Crippen molar-refractivity contribution in [3.63, 3.8) is 0 Å². The molecule has 1 saturated carbocycles. The van der Waals surface area contributed by atoms with Gasteiger partial charge in [-0.15, -0.1) is 0 Å². The van der Waals surface area contributed by atoms with Crippen LogP contribution in [0.4, 0.5) is 0 Å². The van der Waals surface area contributed by atoms with Gasteiger partial charge in [0.2, 0.25) is 0 Å². The summed E-state index contributed by atoms with van der Waals surface area (Å²) in [4.78, 5) is 23.6. The van der Waals surface area contributed by atoms with Crippen molar-refractivity contribution in [2.45, 2.75) is 32.3 Å². The first-order chi connectivity index (χ1) is 13.5. The molecule has 1 fully saturated rings. The smallest absolute Gasteiger partial charge is 0.306 e. The topological polar surface area (TPSA) is 76.7 Å². The molecule has 0 radical (unpaired) electrons. The number of hydrogen-bond acceptors (Lipinski definition) is 4. The highest BCUT2D eigenvalue weighted by Crippen LogP contribution is 2.38. The molecule has 4 rings (SSSR count). The zero-order valence-corrected chi connectivity index (χ0v) is 16.0. The van der Waals surface area contributed by atoms with Crippen LogP contribution < -0.4 is 10.2 Å². The van der Waals surface area contributed by atoms with Crippen LogP contribution in [0, 0.1) is 5.92 Å². The van der Waals surface area contributed by atoms with Crippen LogP contribution in [0.15, 0.2) is 51.7 Å². The minimum atomic E-state index is -0.794. The predicted molar refractivity (Wildman–Crippen MR) is 107 cm³/mol. The number of aryl methyl sites for hydroxylation is 1. The van der Waals surface area contributed by atoms with Gasteiger partial charge in [0.25, 0.3) is 0 Å². The van der Waals surface area contributed by atoms with E-state index in [-0.39, 0.29) is 17.5 Å². The van der Waals surface area contributed by atoms with Crippen LogP contribution in [0.5, 0.6) is 5.75 Å². The van der Waals surface area contributed by atoms with Gasteiger partial charge >= 0.3 is 5.97 Å². The summed E-state index contributed by atoms with van der Waals surface area (Å²) in [6.45, 7) is 2.04. The van der Waals surface area contributed by atoms with Gasteiger partial charge in [-0.1, -0.05) is 30.7 Å². The van der Waals surface area contributed by atoms with Gasteiger partial charge in [-0.3, -0.25) is 9.59 Å². The second-order valence-corrected chi connectivity index (χ2v) is 7.43. The zero-order valence-electron chi connectivity index (χ0n) is 15.3. The number of benzene rings is 2. The van der Waals surface area contributed by atoms with Crippen molar-refractivity contribution in [1.82, 2.24) is 0 Å². The van der Waals surface area contributed by atoms with Gasteiger partial charge in [0, 0.05) is 6.07 Å². The van der Waals surface area contributed by atoms with Gasteiger partial charge in [-0.05, 0) is 49.1 Å². The summed E-state index contributed by atoms with van der Waals surface area (Å²) < 4.78 is 12.0. The van der Waals surface area contributed by atoms with Crippen LogP contribution >= 0.6 is 11.6 Å². The van der Waals surface area contributed by atoms with E-state index in [0.29, 0.717) is 45.9 Å². The lowest BCUT2D eigenvalue weighted by molar-refractivity contribution is -0.147. The Bertz CT molecular complexity index is 1110. The van der Waals surface area contributed by atoms with E-state index in [1.165, 1.54) is 6.07 Å². The van der Waals surface area contributed by atoms with Gasteiger partial charge in [-0.2, -0.15) is 0 Å². The summed E-state index contributed by atoms with van der Waals surface area (Å²) in [5.41, 5.74) is 1.88. The van der Waals surface area contributed by atoms with Crippen LogP contribution in [-0.2, 0) is 11.2 Å². The summed E-state index contributed by atoms with van der Waals surface area (Å²) in [6.07, 6.45) is 1.60. The van der Waals surface area contributed by atoms with E-state index < -0.39 is 5.97 Å². The number of rotatable bonds is 5. The van der Waals surface area contributed by atoms with Crippen molar-refractivity contribution in [2.24, 2.45) is 5.92 Å². The highest BCUT2D eigenvalue weighted by atomic mass is 35.5. The Kier molecular flexibility index (Phi) is 4.85. The number of fused-ring (bicyclic) bond motifs is 1. The molecule has 0 saturated heterocycles. The minimum Gasteiger partial charge on any atom is -0.490 e. The Morgan fingerprint density at radius 3 is 2.75 bits per heavy atom. The van der Waals surface area contributed by atoms with Crippen molar-refractivity contribution in [3.05, 3.63) is 63.3 Å². The van der Waals surface area contributed by atoms with E-state index in [9.17, 15) is 9.59 Å². The van der Waals surface area contributed by atoms with E-state index in [1.807, 2.05) is 25.1 Å². The maximum atomic E-state index is 12.5. The third kappa shape index (κ3) is 3.38. The van der Waals surface area contributed by atoms with Crippen molar-refractivity contribution in [1.29, 1.82) is 0 Å². The second kappa shape index (κ2) is 7.32. The molecule has 6 heteroatoms. The first-order valence-corrected chi connectivity index (χ1v) is 9.59. The standard InChI is InChI=1S/C22H19ClO5/c1-2-12-6-7-16(19(8-12)27-14-9-13(10-14)22(25)26)20-11-18(24)15-4-3-5-17(23)21(15)28-20/h3-8,11,13-14H,2,9-10H2,1H3,(H,25,26)/t13-,14+. The van der Waals surface area contributed by atoms with Crippen LogP contribution in [0.1, 0.15) is 25.3 Å². The Balaban J connectivity index is 1.75. The number of carboxylic acid groups (broad SMARTS) is 1. The minimum absolute atomic E-state index is 0.164. The molecule has 28 heavy (non-hydrogen) atoms. The Labute approximate surface area is 166 Å². The maximum absolute atomic E-state index is 12.5. The van der Waals surface area contributed by atoms with Crippen molar-refractivity contribution in [2.75, 3.05) is 0 Å². The van der Waals surface area contributed by atoms with Crippen molar-refractivity contribution < 1.29 is 19.1 Å². The monoisotopic (exact) mass is 398 g/mol. The Hall–Kier alpha value is -2.79. The predicted octanol–water partition coefficient (Wildman–Crippen LogP) is 4.92. The summed E-state index contributed by atoms with van der Waals surface area (Å²) in [6, 6.07) is 12.2. The molecular weight excluding hydrogens is 380 g/mol. The molecule has 1 N–H and O–H groups in total. The van der Waals surface area contributed by atoms with Crippen LogP contribution in [0.2, 0.25) is 5.02 Å². The zero-order chi connectivity index (χ0) is 19.8. The van der Waals surface area contributed by atoms with E-state index in [1.54, 1.807) is 18.2 Å². The molecule has 0 amide bonds. The molecule has 3 aromatic rings. The lowest BCUT2D eigenvalue weighted by atomic mass is 9.82. The Morgan fingerprint density at radius 2 is 2.04 bits per heavy atom. The molecule has 5 nitrogen and oxygen atoms in total. The molecule has 1 aliphatic carbocycles. The number of hydrogen-bond donors (Lipinski definition) is 1. The fourth-order valence-corrected chi connectivity index (χ4v) is 3.62. The maximum Gasteiger partial charge on any atom is 0.306 e. The Morgan fingerprint density at radius 1 is 1.25 bits per heavy atom.